The van der Waals surface area contributed by atoms with E-state index in [4.69, 9.17) is 23.1 Å². The van der Waals surface area contributed by atoms with Gasteiger partial charge in [-0.25, -0.2) is 0 Å². The predicted octanol–water partition coefficient (Wildman–Crippen LogP) is -4.83. The Labute approximate surface area is 122 Å². The molecule has 0 radical (unpaired) electrons. The first-order valence-corrected chi connectivity index (χ1v) is 4.30. The van der Waals surface area contributed by atoms with E-state index in [1.54, 1.807) is 0 Å². The number of hydrogen-bond donors (Lipinski definition) is 2. The van der Waals surface area contributed by atoms with Crippen LogP contribution in [-0.2, 0) is 27.5 Å². The average molecular weight is 451 g/mol. The van der Waals surface area contributed by atoms with E-state index in [2.05, 4.69) is 0 Å². The molecule has 1 aromatic rings. The minimum absolute atomic E-state index is 0. The van der Waals surface area contributed by atoms with Gasteiger partial charge in [0.15, 0.2) is 0 Å². The van der Waals surface area contributed by atoms with E-state index < -0.39 is 0 Å². The third-order valence-electron chi connectivity index (χ3n) is 1.71. The summed E-state index contributed by atoms with van der Waals surface area (Å²) in [4.78, 5) is 0. The van der Waals surface area contributed by atoms with Crippen LogP contribution in [0.5, 0.6) is 0 Å². The summed E-state index contributed by atoms with van der Waals surface area (Å²) in [6, 6.07) is 7.71. The van der Waals surface area contributed by atoms with Crippen LogP contribution in [0.2, 0.25) is 5.02 Å². The quantitative estimate of drug-likeness (QED) is 0.486. The topological polar surface area (TPSA) is 52.0 Å². The van der Waals surface area contributed by atoms with Gasteiger partial charge >= 0.3 is 21.1 Å². The van der Waals surface area contributed by atoms with Gasteiger partial charge in [-0.05, 0) is 24.1 Å². The molecule has 0 saturated carbocycles. The van der Waals surface area contributed by atoms with Gasteiger partial charge in [-0.15, -0.1) is 0 Å². The number of hydrogen-bond acceptors (Lipinski definition) is 2. The van der Waals surface area contributed by atoms with Gasteiger partial charge in [0.2, 0.25) is 0 Å². The fourth-order valence-corrected chi connectivity index (χ4v) is 1.13. The van der Waals surface area contributed by atoms with Gasteiger partial charge in [0.25, 0.3) is 0 Å². The molecule has 0 spiro atoms. The molecule has 90 valence electrons. The van der Waals surface area contributed by atoms with Gasteiger partial charge in [-0.1, -0.05) is 23.7 Å². The number of halogens is 3. The molecule has 4 N–H and O–H groups in total. The van der Waals surface area contributed by atoms with Crippen LogP contribution < -0.4 is 36.3 Å². The molecule has 0 bridgehead atoms. The first kappa shape index (κ1) is 21.0. The van der Waals surface area contributed by atoms with Crippen molar-refractivity contribution >= 4 is 11.6 Å². The van der Waals surface area contributed by atoms with Crippen LogP contribution in [0.4, 0.5) is 0 Å². The van der Waals surface area contributed by atoms with Crippen LogP contribution in [0.3, 0.4) is 0 Å². The van der Waals surface area contributed by atoms with Gasteiger partial charge in [0, 0.05) is 17.6 Å². The molecule has 0 fully saturated rings. The van der Waals surface area contributed by atoms with E-state index in [0.717, 1.165) is 11.4 Å². The second kappa shape index (κ2) is 11.2. The van der Waals surface area contributed by atoms with Crippen molar-refractivity contribution in [3.05, 3.63) is 34.9 Å². The first-order valence-electron chi connectivity index (χ1n) is 3.92. The van der Waals surface area contributed by atoms with Crippen LogP contribution >= 0.6 is 11.6 Å². The Balaban J connectivity index is -0.000000480. The summed E-state index contributed by atoms with van der Waals surface area (Å²) in [7, 11) is 0. The number of benzene rings is 1. The maximum absolute atomic E-state index is 5.73. The molecule has 0 heterocycles. The van der Waals surface area contributed by atoms with Crippen LogP contribution in [0, 0.1) is 0 Å². The Hall–Kier alpha value is 0.698. The standard InChI is InChI=1S/C9H13ClN2.2ClH.Pt/c10-8-3-1-7(2-4-8)5-9(12)6-11;;;/h1-4,9H,5-6,11-12H2;2*1H;/q;;;+2/p-2. The van der Waals surface area contributed by atoms with E-state index in [1.807, 2.05) is 24.3 Å². The second-order valence-electron chi connectivity index (χ2n) is 2.83. The molecule has 0 aromatic heterocycles. The van der Waals surface area contributed by atoms with Crippen molar-refractivity contribution < 1.29 is 45.9 Å². The van der Waals surface area contributed by atoms with E-state index >= 15 is 0 Å². The van der Waals surface area contributed by atoms with Crippen molar-refractivity contribution in [2.24, 2.45) is 11.5 Å². The van der Waals surface area contributed by atoms with E-state index in [0.29, 0.717) is 6.54 Å². The van der Waals surface area contributed by atoms with Crippen molar-refractivity contribution in [2.45, 2.75) is 12.5 Å². The summed E-state index contributed by atoms with van der Waals surface area (Å²) >= 11 is 5.73. The maximum Gasteiger partial charge on any atom is 2.00 e. The smallest absolute Gasteiger partial charge is 1.00 e. The fraction of sp³-hybridized carbons (Fsp3) is 0.333. The summed E-state index contributed by atoms with van der Waals surface area (Å²) in [5.41, 5.74) is 12.3. The Bertz CT molecular complexity index is 244. The van der Waals surface area contributed by atoms with Gasteiger partial charge in [0.05, 0.1) is 0 Å². The van der Waals surface area contributed by atoms with Crippen molar-refractivity contribution in [1.82, 2.24) is 0 Å². The minimum atomic E-state index is 0. The van der Waals surface area contributed by atoms with Crippen LogP contribution in [0.1, 0.15) is 5.56 Å². The molecule has 1 atom stereocenters. The molecule has 0 saturated heterocycles. The normalized spacial score (nSPS) is 10.3. The van der Waals surface area contributed by atoms with Crippen molar-refractivity contribution in [3.63, 3.8) is 0 Å². The zero-order valence-electron chi connectivity index (χ0n) is 7.91. The summed E-state index contributed by atoms with van der Waals surface area (Å²) in [5.74, 6) is 0. The maximum atomic E-state index is 5.73. The van der Waals surface area contributed by atoms with Crippen LogP contribution in [0.25, 0.3) is 0 Å². The molecule has 15 heavy (non-hydrogen) atoms. The minimum Gasteiger partial charge on any atom is -1.00 e. The summed E-state index contributed by atoms with van der Waals surface area (Å²) in [5, 5.41) is 0.750. The Kier molecular flexibility index (Phi) is 15.7. The first-order chi connectivity index (χ1) is 5.72. The Morgan fingerprint density at radius 1 is 1.13 bits per heavy atom. The molecule has 0 amide bonds. The van der Waals surface area contributed by atoms with Crippen LogP contribution in [-0.4, -0.2) is 12.6 Å². The Morgan fingerprint density at radius 2 is 1.60 bits per heavy atom. The van der Waals surface area contributed by atoms with Crippen LogP contribution in [0.15, 0.2) is 24.3 Å². The number of rotatable bonds is 3. The molecule has 1 rings (SSSR count). The van der Waals surface area contributed by atoms with E-state index in [-0.39, 0.29) is 51.9 Å². The average Bonchev–Trinajstić information content (AvgIpc) is 2.09. The summed E-state index contributed by atoms with van der Waals surface area (Å²) < 4.78 is 0. The largest absolute Gasteiger partial charge is 2.00 e. The monoisotopic (exact) mass is 449 g/mol. The molecule has 1 aromatic carbocycles. The third kappa shape index (κ3) is 8.50. The van der Waals surface area contributed by atoms with Gasteiger partial charge in [-0.2, -0.15) is 0 Å². The van der Waals surface area contributed by atoms with E-state index in [1.165, 1.54) is 5.56 Å². The van der Waals surface area contributed by atoms with Crippen molar-refractivity contribution in [3.8, 4) is 0 Å². The van der Waals surface area contributed by atoms with Gasteiger partial charge in [0.1, 0.15) is 0 Å². The fourth-order valence-electron chi connectivity index (χ4n) is 1.01. The molecule has 2 nitrogen and oxygen atoms in total. The summed E-state index contributed by atoms with van der Waals surface area (Å²) in [6.07, 6.45) is 0.813. The van der Waals surface area contributed by atoms with Gasteiger partial charge < -0.3 is 36.3 Å². The third-order valence-corrected chi connectivity index (χ3v) is 1.97. The molecular formula is C9H13Cl3N2Pt. The molecular weight excluding hydrogens is 438 g/mol. The SMILES string of the molecule is NCC(N)Cc1ccc(Cl)cc1.[Cl-].[Cl-].[Pt+2]. The van der Waals surface area contributed by atoms with E-state index in [9.17, 15) is 0 Å². The predicted molar refractivity (Wildman–Crippen MR) is 52.2 cm³/mol. The molecule has 0 aliphatic carbocycles. The van der Waals surface area contributed by atoms with Crippen molar-refractivity contribution in [2.75, 3.05) is 6.54 Å². The molecule has 6 heteroatoms. The Morgan fingerprint density at radius 3 is 2.00 bits per heavy atom. The molecule has 0 aliphatic rings. The second-order valence-corrected chi connectivity index (χ2v) is 3.26. The molecule has 1 unspecified atom stereocenters. The zero-order chi connectivity index (χ0) is 8.97. The van der Waals surface area contributed by atoms with Gasteiger partial charge in [-0.3, -0.25) is 0 Å². The van der Waals surface area contributed by atoms with Crippen molar-refractivity contribution in [1.29, 1.82) is 0 Å². The zero-order valence-corrected chi connectivity index (χ0v) is 12.4. The summed E-state index contributed by atoms with van der Waals surface area (Å²) in [6.45, 7) is 0.516. The number of nitrogens with two attached hydrogens (primary N) is 2. The molecule has 0 aliphatic heterocycles.